The highest BCUT2D eigenvalue weighted by Gasteiger charge is 2.44. The first kappa shape index (κ1) is 46.9. The monoisotopic (exact) mass is 891 g/mol. The molecule has 65 heavy (non-hydrogen) atoms. The van der Waals surface area contributed by atoms with Gasteiger partial charge >= 0.3 is 5.97 Å². The van der Waals surface area contributed by atoms with Gasteiger partial charge in [-0.1, -0.05) is 46.4 Å². The van der Waals surface area contributed by atoms with Crippen LogP contribution in [0, 0.1) is 16.2 Å². The number of aromatic nitrogens is 2. The van der Waals surface area contributed by atoms with E-state index in [1.807, 2.05) is 38.2 Å². The summed E-state index contributed by atoms with van der Waals surface area (Å²) in [7, 11) is 3.21. The number of aromatic hydroxyl groups is 1. The summed E-state index contributed by atoms with van der Waals surface area (Å²) < 4.78 is 14.0. The van der Waals surface area contributed by atoms with Crippen LogP contribution in [0.5, 0.6) is 5.75 Å². The number of likely N-dealkylation sites (N-methyl/N-ethyl adjacent to an activating group) is 1. The Morgan fingerprint density at radius 1 is 1.14 bits per heavy atom. The van der Waals surface area contributed by atoms with Crippen LogP contribution in [0.25, 0.3) is 33.3 Å². The number of amides is 3. The number of cyclic esters (lactones) is 1. The molecular formula is C49H63N8O8+. The number of hydrogen-bond acceptors (Lipinski definition) is 10. The number of phenolic OH excluding ortho intramolecular Hbond substituents is 1. The van der Waals surface area contributed by atoms with Crippen LogP contribution in [0.4, 0.5) is 0 Å². The van der Waals surface area contributed by atoms with E-state index in [1.54, 1.807) is 37.4 Å². The van der Waals surface area contributed by atoms with E-state index in [9.17, 15) is 29.2 Å². The second-order valence-corrected chi connectivity index (χ2v) is 18.7. The molecule has 4 atom stereocenters. The minimum Gasteiger partial charge on any atom is -0.508 e. The molecule has 0 unspecified atom stereocenters. The Labute approximate surface area is 380 Å². The molecule has 16 nitrogen and oxygen atoms in total. The number of phenols is 1. The van der Waals surface area contributed by atoms with Crippen molar-refractivity contribution in [2.75, 3.05) is 40.4 Å². The van der Waals surface area contributed by atoms with E-state index in [4.69, 9.17) is 9.47 Å². The molecule has 16 heteroatoms. The average molecular weight is 892 g/mol. The van der Waals surface area contributed by atoms with Gasteiger partial charge in [0.1, 0.15) is 22.7 Å². The third-order valence-corrected chi connectivity index (χ3v) is 12.9. The highest BCUT2D eigenvalue weighted by molar-refractivity contribution is 5.96. The molecule has 0 radical (unpaired) electrons. The van der Waals surface area contributed by atoms with E-state index < -0.39 is 47.4 Å². The summed E-state index contributed by atoms with van der Waals surface area (Å²) in [6.07, 6.45) is 6.74. The Morgan fingerprint density at radius 3 is 2.65 bits per heavy atom. The number of carbonyl (C=O) groups is 4. The van der Waals surface area contributed by atoms with Crippen LogP contribution in [-0.4, -0.2) is 123 Å². The highest BCUT2D eigenvalue weighted by Crippen LogP contribution is 2.41. The normalized spacial score (nSPS) is 20.6. The number of nitrogens with one attached hydrogen (secondary N) is 2. The van der Waals surface area contributed by atoms with Crippen molar-refractivity contribution in [3.05, 3.63) is 89.1 Å². The predicted molar refractivity (Wildman–Crippen MR) is 246 cm³/mol. The number of aryl methyl sites for hydroxylation is 1. The summed E-state index contributed by atoms with van der Waals surface area (Å²) in [6.45, 7) is 15.5. The number of esters is 1. The molecule has 3 aliphatic heterocycles. The zero-order valence-electron chi connectivity index (χ0n) is 38.6. The number of hydrogen-bond donors (Lipinski definition) is 3. The van der Waals surface area contributed by atoms with Gasteiger partial charge in [-0.15, -0.1) is 5.01 Å². The molecule has 2 aromatic carbocycles. The van der Waals surface area contributed by atoms with E-state index in [-0.39, 0.29) is 43.7 Å². The summed E-state index contributed by atoms with van der Waals surface area (Å²) in [6, 6.07) is 9.82. The van der Waals surface area contributed by atoms with Gasteiger partial charge < -0.3 is 29.4 Å². The Bertz CT molecular complexity index is 2480. The fourth-order valence-corrected chi connectivity index (χ4v) is 9.72. The van der Waals surface area contributed by atoms with Crippen molar-refractivity contribution in [3.63, 3.8) is 0 Å². The first-order chi connectivity index (χ1) is 31.0. The van der Waals surface area contributed by atoms with E-state index in [2.05, 4.69) is 59.8 Å². The van der Waals surface area contributed by atoms with Crippen molar-refractivity contribution in [2.24, 2.45) is 11.3 Å². The van der Waals surface area contributed by atoms with Crippen LogP contribution in [0.3, 0.4) is 0 Å². The molecule has 6 bridgehead atoms. The van der Waals surface area contributed by atoms with Crippen molar-refractivity contribution in [1.29, 1.82) is 0 Å². The van der Waals surface area contributed by atoms with Crippen molar-refractivity contribution >= 4 is 34.6 Å². The van der Waals surface area contributed by atoms with Crippen LogP contribution in [0.1, 0.15) is 70.6 Å². The van der Waals surface area contributed by atoms with Crippen molar-refractivity contribution in [1.82, 2.24) is 35.2 Å². The van der Waals surface area contributed by atoms with Crippen LogP contribution >= 0.6 is 0 Å². The topological polar surface area (TPSA) is 179 Å². The summed E-state index contributed by atoms with van der Waals surface area (Å²) in [5, 5.41) is 18.0. The molecule has 7 rings (SSSR count). The number of carbonyl (C=O) groups excluding carboxylic acids is 4. The highest BCUT2D eigenvalue weighted by atomic mass is 16.5. The molecule has 2 aromatic heterocycles. The van der Waals surface area contributed by atoms with Crippen molar-refractivity contribution in [2.45, 2.75) is 104 Å². The molecule has 0 aliphatic carbocycles. The van der Waals surface area contributed by atoms with Gasteiger partial charge in [-0.25, -0.2) is 5.43 Å². The third kappa shape index (κ3) is 9.93. The van der Waals surface area contributed by atoms with Gasteiger partial charge in [0, 0.05) is 73.9 Å². The SMILES string of the molecule is C=CC(=O)N1CC[C@H]([N+](=O)N(C)[C@H](C(=O)N[C@H]2Cc3cc(O)cc(c3)-c3ccc4c(c3)c(c(-c3cnccc3COC)n4CC)CC(C)(C)COC(=O)[C@@H]3CCCN(N3)C2=O)C(C)C)C1. The molecule has 3 amide bonds. The van der Waals surface area contributed by atoms with E-state index in [0.717, 1.165) is 43.7 Å². The standard InChI is InChI=1S/C49H62N8O8/c1-9-43(59)54-19-16-35(27-54)57(63)53(7)44(30(3)4)46(60)51-41-22-31-20-34(23-36(58)21-31)32-13-14-42-37(24-32)38(45(55(42)10-2)39-26-50-17-15-33(39)28-64-8)25-49(5,6)29-65-48(62)40-12-11-18-56(52-40)47(41)61/h9,13-15,17,20-21,23-24,26,30,35,40-41,44,52H,1,10-12,16,18-19,22,25,27-29H2,2-8H3,(H-,51,58,60)/p+1/t35-,40-,41-,44-/m0/s1. The fraction of sp³-hybridized carbons (Fsp3) is 0.490. The van der Waals surface area contributed by atoms with Gasteiger partial charge in [-0.05, 0) is 96.3 Å². The van der Waals surface area contributed by atoms with Crippen molar-refractivity contribution in [3.8, 4) is 28.1 Å². The molecule has 0 spiro atoms. The molecule has 3 N–H and O–H groups in total. The maximum Gasteiger partial charge on any atom is 0.324 e. The predicted octanol–water partition coefficient (Wildman–Crippen LogP) is 5.33. The summed E-state index contributed by atoms with van der Waals surface area (Å²) >= 11 is 0. The number of ether oxygens (including phenoxy) is 2. The molecule has 4 aromatic rings. The first-order valence-corrected chi connectivity index (χ1v) is 22.6. The largest absolute Gasteiger partial charge is 0.508 e. The molecule has 3 aliphatic rings. The summed E-state index contributed by atoms with van der Waals surface area (Å²) in [4.78, 5) is 76.0. The Morgan fingerprint density at radius 2 is 1.92 bits per heavy atom. The minimum atomic E-state index is -1.17. The first-order valence-electron chi connectivity index (χ1n) is 22.6. The zero-order chi connectivity index (χ0) is 46.7. The Hall–Kier alpha value is -6.13. The smallest absolute Gasteiger partial charge is 0.324 e. The summed E-state index contributed by atoms with van der Waals surface area (Å²) in [5.74, 6) is -2.16. The second kappa shape index (κ2) is 19.5. The lowest BCUT2D eigenvalue weighted by atomic mass is 9.84. The lowest BCUT2D eigenvalue weighted by Crippen LogP contribution is -2.62. The quantitative estimate of drug-likeness (QED) is 0.0768. The minimum absolute atomic E-state index is 0.0153. The van der Waals surface area contributed by atoms with E-state index >= 15 is 0 Å². The number of hydrazine groups is 2. The van der Waals surface area contributed by atoms with Gasteiger partial charge in [0.2, 0.25) is 11.8 Å². The maximum absolute atomic E-state index is 14.7. The number of likely N-dealkylation sites (tertiary alicyclic amines) is 1. The lowest BCUT2D eigenvalue weighted by Gasteiger charge is -2.36. The van der Waals surface area contributed by atoms with Gasteiger partial charge in [-0.2, -0.15) is 0 Å². The molecule has 0 saturated carbocycles. The van der Waals surface area contributed by atoms with Crippen LogP contribution < -0.4 is 10.7 Å². The van der Waals surface area contributed by atoms with Gasteiger partial charge in [-0.3, -0.25) is 29.2 Å². The number of nitroso groups, excluding NO2 is 1. The van der Waals surface area contributed by atoms with E-state index in [0.29, 0.717) is 56.5 Å². The Kier molecular flexibility index (Phi) is 14.1. The second-order valence-electron chi connectivity index (χ2n) is 18.7. The van der Waals surface area contributed by atoms with Crippen LogP contribution in [0.2, 0.25) is 0 Å². The fourth-order valence-electron chi connectivity index (χ4n) is 9.72. The number of fused-ring (bicyclic) bond motifs is 6. The molecular weight excluding hydrogens is 829 g/mol. The number of methoxy groups -OCH3 is 1. The van der Waals surface area contributed by atoms with Gasteiger partial charge in [0.05, 0.1) is 37.4 Å². The molecule has 5 heterocycles. The zero-order valence-corrected chi connectivity index (χ0v) is 38.6. The maximum atomic E-state index is 14.7. The third-order valence-electron chi connectivity index (χ3n) is 12.9. The lowest BCUT2D eigenvalue weighted by molar-refractivity contribution is -0.732. The summed E-state index contributed by atoms with van der Waals surface area (Å²) in [5.41, 5.74) is 9.70. The van der Waals surface area contributed by atoms with Gasteiger partial charge in [0.15, 0.2) is 6.04 Å². The number of nitrogens with zero attached hydrogens (tertiary/aromatic N) is 6. The number of pyridine rings is 1. The average Bonchev–Trinajstić information content (AvgIpc) is 3.90. The molecule has 2 fully saturated rings. The molecule has 2 saturated heterocycles. The van der Waals surface area contributed by atoms with Crippen molar-refractivity contribution < 1.29 is 38.6 Å². The Balaban J connectivity index is 1.30. The van der Waals surface area contributed by atoms with E-state index in [1.165, 1.54) is 16.1 Å². The van der Waals surface area contributed by atoms with Crippen LogP contribution in [0.15, 0.2) is 67.5 Å². The van der Waals surface area contributed by atoms with Gasteiger partial charge in [0.25, 0.3) is 11.9 Å². The number of rotatable bonds is 11. The molecule has 346 valence electrons. The van der Waals surface area contributed by atoms with Crippen LogP contribution in [-0.2, 0) is 54.6 Å². The number of benzene rings is 2.